The molecule has 2 aliphatic heterocycles. The number of hydrogen-bond donors (Lipinski definition) is 2. The SMILES string of the molecule is CCOc1cc([C@@H]2Nc3ccc4ccccc4c3C3=C2C(=O)OC3)ccc1O. The number of aromatic hydroxyl groups is 1. The maximum absolute atomic E-state index is 12.6. The first kappa shape index (κ1) is 16.7. The van der Waals surface area contributed by atoms with E-state index in [1.54, 1.807) is 18.2 Å². The summed E-state index contributed by atoms with van der Waals surface area (Å²) >= 11 is 0. The van der Waals surface area contributed by atoms with Gasteiger partial charge in [-0.05, 0) is 41.5 Å². The first-order chi connectivity index (χ1) is 13.7. The summed E-state index contributed by atoms with van der Waals surface area (Å²) in [6.45, 7) is 2.57. The van der Waals surface area contributed by atoms with Gasteiger partial charge < -0.3 is 19.9 Å². The van der Waals surface area contributed by atoms with Crippen molar-refractivity contribution in [3.8, 4) is 11.5 Å². The van der Waals surface area contributed by atoms with Gasteiger partial charge in [0.05, 0.1) is 18.2 Å². The fourth-order valence-corrected chi connectivity index (χ4v) is 4.09. The highest BCUT2D eigenvalue weighted by molar-refractivity contribution is 6.11. The number of nitrogens with one attached hydrogen (secondary N) is 1. The number of ether oxygens (including phenoxy) is 2. The van der Waals surface area contributed by atoms with Crippen molar-refractivity contribution in [2.24, 2.45) is 0 Å². The second-order valence-electron chi connectivity index (χ2n) is 6.92. The van der Waals surface area contributed by atoms with E-state index in [1.165, 1.54) is 0 Å². The molecular weight excluding hydrogens is 354 g/mol. The lowest BCUT2D eigenvalue weighted by Gasteiger charge is -2.29. The zero-order chi connectivity index (χ0) is 19.3. The number of rotatable bonds is 3. The number of benzene rings is 3. The predicted molar refractivity (Wildman–Crippen MR) is 107 cm³/mol. The molecule has 3 aromatic rings. The largest absolute Gasteiger partial charge is 0.504 e. The molecule has 2 heterocycles. The topological polar surface area (TPSA) is 67.8 Å². The number of anilines is 1. The molecule has 3 aromatic carbocycles. The number of carbonyl (C=O) groups excluding carboxylic acids is 1. The summed E-state index contributed by atoms with van der Waals surface area (Å²) in [5, 5.41) is 15.7. The molecule has 0 spiro atoms. The summed E-state index contributed by atoms with van der Waals surface area (Å²) in [5.74, 6) is 0.174. The third-order valence-electron chi connectivity index (χ3n) is 5.33. The molecule has 140 valence electrons. The van der Waals surface area contributed by atoms with Crippen LogP contribution < -0.4 is 10.1 Å². The molecule has 5 rings (SSSR count). The Balaban J connectivity index is 1.70. The number of hydrogen-bond acceptors (Lipinski definition) is 5. The van der Waals surface area contributed by atoms with Crippen LogP contribution in [0.1, 0.15) is 24.1 Å². The van der Waals surface area contributed by atoms with Crippen LogP contribution in [0, 0.1) is 0 Å². The van der Waals surface area contributed by atoms with E-state index in [-0.39, 0.29) is 24.4 Å². The zero-order valence-corrected chi connectivity index (χ0v) is 15.4. The molecule has 5 nitrogen and oxygen atoms in total. The maximum Gasteiger partial charge on any atom is 0.337 e. The highest BCUT2D eigenvalue weighted by atomic mass is 16.5. The number of esters is 1. The van der Waals surface area contributed by atoms with Crippen LogP contribution in [0.15, 0.2) is 60.2 Å². The molecular formula is C23H19NO4. The molecule has 0 aromatic heterocycles. The summed E-state index contributed by atoms with van der Waals surface area (Å²) in [7, 11) is 0. The third kappa shape index (κ3) is 2.43. The van der Waals surface area contributed by atoms with E-state index < -0.39 is 0 Å². The van der Waals surface area contributed by atoms with Crippen LogP contribution in [-0.2, 0) is 9.53 Å². The molecule has 0 radical (unpaired) electrons. The van der Waals surface area contributed by atoms with E-state index in [2.05, 4.69) is 23.5 Å². The molecule has 1 atom stereocenters. The van der Waals surface area contributed by atoms with Gasteiger partial charge in [0.25, 0.3) is 0 Å². The second-order valence-corrected chi connectivity index (χ2v) is 6.92. The van der Waals surface area contributed by atoms with Crippen molar-refractivity contribution in [1.82, 2.24) is 0 Å². The van der Waals surface area contributed by atoms with Gasteiger partial charge in [-0.1, -0.05) is 36.4 Å². The van der Waals surface area contributed by atoms with E-state index in [0.29, 0.717) is 17.9 Å². The quantitative estimate of drug-likeness (QED) is 0.665. The van der Waals surface area contributed by atoms with Gasteiger partial charge in [0.15, 0.2) is 11.5 Å². The van der Waals surface area contributed by atoms with Crippen LogP contribution in [0.3, 0.4) is 0 Å². The number of cyclic esters (lactones) is 1. The Hall–Kier alpha value is -3.47. The number of carbonyl (C=O) groups is 1. The Kier molecular flexibility index (Phi) is 3.76. The molecule has 0 bridgehead atoms. The molecule has 0 saturated heterocycles. The lowest BCUT2D eigenvalue weighted by atomic mass is 9.85. The summed E-state index contributed by atoms with van der Waals surface area (Å²) in [6.07, 6.45) is 0. The number of phenolic OH excluding ortho intramolecular Hbond substituents is 1. The van der Waals surface area contributed by atoms with Crippen molar-refractivity contribution < 1.29 is 19.4 Å². The van der Waals surface area contributed by atoms with Gasteiger partial charge in [0.2, 0.25) is 0 Å². The van der Waals surface area contributed by atoms with Crippen molar-refractivity contribution in [1.29, 1.82) is 0 Å². The van der Waals surface area contributed by atoms with Crippen LogP contribution in [0.5, 0.6) is 11.5 Å². The Bertz CT molecular complexity index is 1150. The van der Waals surface area contributed by atoms with Gasteiger partial charge >= 0.3 is 5.97 Å². The van der Waals surface area contributed by atoms with E-state index in [4.69, 9.17) is 9.47 Å². The van der Waals surface area contributed by atoms with Crippen molar-refractivity contribution in [3.63, 3.8) is 0 Å². The summed E-state index contributed by atoms with van der Waals surface area (Å²) in [6, 6.07) is 17.1. The van der Waals surface area contributed by atoms with Crippen molar-refractivity contribution >= 4 is 28.0 Å². The summed E-state index contributed by atoms with van der Waals surface area (Å²) in [4.78, 5) is 12.6. The average Bonchev–Trinajstić information content (AvgIpc) is 3.11. The van der Waals surface area contributed by atoms with E-state index in [1.807, 2.05) is 25.1 Å². The molecule has 0 amide bonds. The predicted octanol–water partition coefficient (Wildman–Crippen LogP) is 4.42. The van der Waals surface area contributed by atoms with Crippen LogP contribution >= 0.6 is 0 Å². The standard InChI is InChI=1S/C23H19NO4/c1-2-27-19-11-14(8-10-18(19)25)22-21-16(12-28-23(21)26)20-15-6-4-3-5-13(15)7-9-17(20)24-22/h3-11,22,24-25H,2,12H2,1H3/t22-/m0/s1. The maximum atomic E-state index is 12.6. The smallest absolute Gasteiger partial charge is 0.337 e. The fraction of sp³-hybridized carbons (Fsp3) is 0.174. The Morgan fingerprint density at radius 1 is 1.18 bits per heavy atom. The lowest BCUT2D eigenvalue weighted by Crippen LogP contribution is -2.22. The average molecular weight is 373 g/mol. The first-order valence-corrected chi connectivity index (χ1v) is 9.32. The van der Waals surface area contributed by atoms with Crippen molar-refractivity contribution in [2.45, 2.75) is 13.0 Å². The molecule has 0 saturated carbocycles. The van der Waals surface area contributed by atoms with E-state index in [0.717, 1.165) is 33.2 Å². The van der Waals surface area contributed by atoms with E-state index in [9.17, 15) is 9.90 Å². The third-order valence-corrected chi connectivity index (χ3v) is 5.33. The van der Waals surface area contributed by atoms with Crippen LogP contribution in [-0.4, -0.2) is 24.3 Å². The number of phenols is 1. The summed E-state index contributed by atoms with van der Waals surface area (Å²) < 4.78 is 10.9. The van der Waals surface area contributed by atoms with Gasteiger partial charge in [0, 0.05) is 16.8 Å². The molecule has 28 heavy (non-hydrogen) atoms. The Morgan fingerprint density at radius 2 is 2.04 bits per heavy atom. The van der Waals surface area contributed by atoms with E-state index >= 15 is 0 Å². The second kappa shape index (κ2) is 6.30. The van der Waals surface area contributed by atoms with Gasteiger partial charge in [-0.15, -0.1) is 0 Å². The minimum atomic E-state index is -0.363. The lowest BCUT2D eigenvalue weighted by molar-refractivity contribution is -0.136. The highest BCUT2D eigenvalue weighted by Crippen LogP contribution is 2.47. The highest BCUT2D eigenvalue weighted by Gasteiger charge is 2.38. The molecule has 0 fully saturated rings. The Labute approximate surface area is 162 Å². The van der Waals surface area contributed by atoms with Crippen LogP contribution in [0.2, 0.25) is 0 Å². The van der Waals surface area contributed by atoms with Crippen molar-refractivity contribution in [2.75, 3.05) is 18.5 Å². The minimum absolute atomic E-state index is 0.0796. The minimum Gasteiger partial charge on any atom is -0.504 e. The fourth-order valence-electron chi connectivity index (χ4n) is 4.09. The van der Waals surface area contributed by atoms with Crippen molar-refractivity contribution in [3.05, 3.63) is 71.3 Å². The zero-order valence-electron chi connectivity index (χ0n) is 15.4. The molecule has 0 unspecified atom stereocenters. The Morgan fingerprint density at radius 3 is 2.89 bits per heavy atom. The monoisotopic (exact) mass is 373 g/mol. The first-order valence-electron chi connectivity index (χ1n) is 9.32. The van der Waals surface area contributed by atoms with Crippen LogP contribution in [0.4, 0.5) is 5.69 Å². The molecule has 2 aliphatic rings. The molecule has 0 aliphatic carbocycles. The van der Waals surface area contributed by atoms with Gasteiger partial charge in [-0.25, -0.2) is 4.79 Å². The molecule has 5 heteroatoms. The number of fused-ring (bicyclic) bond motifs is 4. The van der Waals surface area contributed by atoms with Crippen LogP contribution in [0.25, 0.3) is 16.3 Å². The normalized spacial score (nSPS) is 17.8. The summed E-state index contributed by atoms with van der Waals surface area (Å²) in [5.41, 5.74) is 4.38. The van der Waals surface area contributed by atoms with Gasteiger partial charge in [0.1, 0.15) is 6.61 Å². The molecule has 2 N–H and O–H groups in total. The van der Waals surface area contributed by atoms with Gasteiger partial charge in [-0.3, -0.25) is 0 Å². The van der Waals surface area contributed by atoms with Gasteiger partial charge in [-0.2, -0.15) is 0 Å².